The summed E-state index contributed by atoms with van der Waals surface area (Å²) in [6, 6.07) is 14.1. The molecule has 1 fully saturated rings. The van der Waals surface area contributed by atoms with E-state index in [9.17, 15) is 4.79 Å². The highest BCUT2D eigenvalue weighted by molar-refractivity contribution is 9.10. The maximum absolute atomic E-state index is 12.6. The first-order valence-corrected chi connectivity index (χ1v) is 12.5. The van der Waals surface area contributed by atoms with Crippen molar-refractivity contribution >= 4 is 56.8 Å². The van der Waals surface area contributed by atoms with Crippen LogP contribution >= 0.6 is 50.9 Å². The summed E-state index contributed by atoms with van der Waals surface area (Å²) in [5.74, 6) is 2.00. The fourth-order valence-electron chi connectivity index (χ4n) is 3.47. The number of carbonyl (C=O) groups excluding carboxylic acids is 1. The van der Waals surface area contributed by atoms with Gasteiger partial charge in [-0.3, -0.25) is 9.69 Å². The SMILES string of the molecule is O=C(NCCSCc1ccc(Cl)c(Cl)c1)C1CCCN(Cc2ccc(Br)cc2)C1. The summed E-state index contributed by atoms with van der Waals surface area (Å²) in [7, 11) is 0. The van der Waals surface area contributed by atoms with Gasteiger partial charge in [-0.1, -0.05) is 57.3 Å². The number of piperidine rings is 1. The third kappa shape index (κ3) is 7.48. The van der Waals surface area contributed by atoms with Gasteiger partial charge in [-0.25, -0.2) is 0 Å². The fourth-order valence-corrected chi connectivity index (χ4v) is 4.86. The van der Waals surface area contributed by atoms with Gasteiger partial charge in [0.2, 0.25) is 5.91 Å². The van der Waals surface area contributed by atoms with Crippen molar-refractivity contribution in [2.45, 2.75) is 25.1 Å². The summed E-state index contributed by atoms with van der Waals surface area (Å²) in [5.41, 5.74) is 2.43. The lowest BCUT2D eigenvalue weighted by Gasteiger charge is -2.32. The van der Waals surface area contributed by atoms with Crippen LogP contribution < -0.4 is 5.32 Å². The highest BCUT2D eigenvalue weighted by atomic mass is 79.9. The second-order valence-corrected chi connectivity index (χ2v) is 10.1. The maximum Gasteiger partial charge on any atom is 0.224 e. The van der Waals surface area contributed by atoms with Crippen LogP contribution in [0, 0.1) is 5.92 Å². The minimum atomic E-state index is 0.0827. The number of rotatable bonds is 8. The molecule has 1 aliphatic rings. The number of thioether (sulfide) groups is 1. The Kier molecular flexibility index (Phi) is 9.19. The lowest BCUT2D eigenvalue weighted by Crippen LogP contribution is -2.43. The minimum absolute atomic E-state index is 0.0827. The lowest BCUT2D eigenvalue weighted by molar-refractivity contribution is -0.126. The van der Waals surface area contributed by atoms with Crippen LogP contribution in [0.2, 0.25) is 10.0 Å². The van der Waals surface area contributed by atoms with E-state index in [4.69, 9.17) is 23.2 Å². The summed E-state index contributed by atoms with van der Waals surface area (Å²) >= 11 is 17.2. The third-order valence-electron chi connectivity index (χ3n) is 4.99. The van der Waals surface area contributed by atoms with Gasteiger partial charge in [0.15, 0.2) is 0 Å². The zero-order valence-corrected chi connectivity index (χ0v) is 20.1. The zero-order chi connectivity index (χ0) is 20.6. The summed E-state index contributed by atoms with van der Waals surface area (Å²) < 4.78 is 1.09. The van der Waals surface area contributed by atoms with E-state index in [1.54, 1.807) is 11.8 Å². The molecule has 0 saturated carbocycles. The van der Waals surface area contributed by atoms with E-state index in [2.05, 4.69) is 50.4 Å². The van der Waals surface area contributed by atoms with Crippen LogP contribution in [-0.2, 0) is 17.1 Å². The Bertz CT molecular complexity index is 819. The van der Waals surface area contributed by atoms with Crippen molar-refractivity contribution in [3.63, 3.8) is 0 Å². The largest absolute Gasteiger partial charge is 0.355 e. The van der Waals surface area contributed by atoms with Crippen LogP contribution in [0.4, 0.5) is 0 Å². The van der Waals surface area contributed by atoms with Crippen LogP contribution in [0.15, 0.2) is 46.9 Å². The van der Waals surface area contributed by atoms with Gasteiger partial charge < -0.3 is 5.32 Å². The molecule has 29 heavy (non-hydrogen) atoms. The Morgan fingerprint density at radius 3 is 2.66 bits per heavy atom. The monoisotopic (exact) mass is 514 g/mol. The average Bonchev–Trinajstić information content (AvgIpc) is 2.72. The fraction of sp³-hybridized carbons (Fsp3) is 0.409. The van der Waals surface area contributed by atoms with E-state index in [-0.39, 0.29) is 11.8 Å². The van der Waals surface area contributed by atoms with Crippen molar-refractivity contribution in [3.8, 4) is 0 Å². The van der Waals surface area contributed by atoms with Crippen molar-refractivity contribution < 1.29 is 4.79 Å². The Hall–Kier alpha value is -0.720. The molecular formula is C22H25BrCl2N2OS. The molecule has 1 amide bonds. The number of carbonyl (C=O) groups is 1. The third-order valence-corrected chi connectivity index (χ3v) is 7.29. The van der Waals surface area contributed by atoms with Crippen LogP contribution in [0.1, 0.15) is 24.0 Å². The molecule has 0 aliphatic carbocycles. The van der Waals surface area contributed by atoms with Gasteiger partial charge in [-0.05, 0) is 54.8 Å². The molecule has 0 aromatic heterocycles. The van der Waals surface area contributed by atoms with E-state index in [1.165, 1.54) is 5.56 Å². The summed E-state index contributed by atoms with van der Waals surface area (Å²) in [5, 5.41) is 4.28. The molecule has 0 bridgehead atoms. The lowest BCUT2D eigenvalue weighted by atomic mass is 9.96. The molecule has 0 spiro atoms. The number of nitrogens with zero attached hydrogens (tertiary/aromatic N) is 1. The van der Waals surface area contributed by atoms with Crippen molar-refractivity contribution in [2.24, 2.45) is 5.92 Å². The predicted octanol–water partition coefficient (Wildman–Crippen LogP) is 6.02. The molecular weight excluding hydrogens is 491 g/mol. The highest BCUT2D eigenvalue weighted by Gasteiger charge is 2.25. The number of nitrogens with one attached hydrogen (secondary N) is 1. The van der Waals surface area contributed by atoms with Crippen LogP contribution in [0.5, 0.6) is 0 Å². The van der Waals surface area contributed by atoms with Gasteiger partial charge in [0.25, 0.3) is 0 Å². The van der Waals surface area contributed by atoms with Crippen LogP contribution in [0.3, 0.4) is 0 Å². The smallest absolute Gasteiger partial charge is 0.224 e. The first-order chi connectivity index (χ1) is 14.0. The van der Waals surface area contributed by atoms with Gasteiger partial charge in [0.05, 0.1) is 16.0 Å². The Balaban J connectivity index is 1.36. The number of hydrogen-bond acceptors (Lipinski definition) is 3. The zero-order valence-electron chi connectivity index (χ0n) is 16.2. The number of amides is 1. The van der Waals surface area contributed by atoms with Crippen molar-refractivity contribution in [3.05, 3.63) is 68.1 Å². The quantitative estimate of drug-likeness (QED) is 0.436. The number of benzene rings is 2. The summed E-state index contributed by atoms with van der Waals surface area (Å²) in [6.45, 7) is 3.47. The molecule has 156 valence electrons. The first kappa shape index (κ1) is 23.0. The van der Waals surface area contributed by atoms with Crippen molar-refractivity contribution in [1.82, 2.24) is 10.2 Å². The molecule has 1 atom stereocenters. The van der Waals surface area contributed by atoms with Crippen LogP contribution in [-0.4, -0.2) is 36.2 Å². The van der Waals surface area contributed by atoms with E-state index >= 15 is 0 Å². The molecule has 1 unspecified atom stereocenters. The normalized spacial score (nSPS) is 17.3. The molecule has 3 nitrogen and oxygen atoms in total. The van der Waals surface area contributed by atoms with Gasteiger partial charge in [0.1, 0.15) is 0 Å². The number of halogens is 3. The van der Waals surface area contributed by atoms with Crippen LogP contribution in [0.25, 0.3) is 0 Å². The maximum atomic E-state index is 12.6. The second-order valence-electron chi connectivity index (χ2n) is 7.29. The van der Waals surface area contributed by atoms with Gasteiger partial charge in [0, 0.05) is 35.6 Å². The average molecular weight is 516 g/mol. The molecule has 1 aliphatic heterocycles. The topological polar surface area (TPSA) is 32.3 Å². The van der Waals surface area contributed by atoms with E-state index < -0.39 is 0 Å². The molecule has 3 rings (SSSR count). The second kappa shape index (κ2) is 11.6. The van der Waals surface area contributed by atoms with Crippen molar-refractivity contribution in [1.29, 1.82) is 0 Å². The Labute approximate surface area is 195 Å². The van der Waals surface area contributed by atoms with Gasteiger partial charge in [-0.15, -0.1) is 0 Å². The van der Waals surface area contributed by atoms with E-state index in [0.29, 0.717) is 16.6 Å². The summed E-state index contributed by atoms with van der Waals surface area (Å²) in [6.07, 6.45) is 2.04. The number of likely N-dealkylation sites (tertiary alicyclic amines) is 1. The molecule has 7 heteroatoms. The van der Waals surface area contributed by atoms with E-state index in [1.807, 2.05) is 18.2 Å². The molecule has 0 radical (unpaired) electrons. The number of hydrogen-bond donors (Lipinski definition) is 1. The molecule has 2 aromatic rings. The molecule has 1 heterocycles. The molecule has 2 aromatic carbocycles. The van der Waals surface area contributed by atoms with E-state index in [0.717, 1.165) is 54.0 Å². The molecule has 1 saturated heterocycles. The first-order valence-electron chi connectivity index (χ1n) is 9.77. The minimum Gasteiger partial charge on any atom is -0.355 e. The van der Waals surface area contributed by atoms with Crippen molar-refractivity contribution in [2.75, 3.05) is 25.4 Å². The Morgan fingerprint density at radius 2 is 1.90 bits per heavy atom. The van der Waals surface area contributed by atoms with Gasteiger partial charge in [-0.2, -0.15) is 11.8 Å². The Morgan fingerprint density at radius 1 is 1.14 bits per heavy atom. The predicted molar refractivity (Wildman–Crippen MR) is 128 cm³/mol. The summed E-state index contributed by atoms with van der Waals surface area (Å²) in [4.78, 5) is 15.0. The van der Waals surface area contributed by atoms with Gasteiger partial charge >= 0.3 is 0 Å². The highest BCUT2D eigenvalue weighted by Crippen LogP contribution is 2.24. The standard InChI is InChI=1S/C22H25BrCl2N2OS/c23-19-6-3-16(4-7-19)13-27-10-1-2-18(14-27)22(28)26-9-11-29-15-17-5-8-20(24)21(25)12-17/h3-8,12,18H,1-2,9-11,13-15H2,(H,26,28). The molecule has 1 N–H and O–H groups in total.